The van der Waals surface area contributed by atoms with Crippen molar-refractivity contribution in [2.45, 2.75) is 6.42 Å². The second kappa shape index (κ2) is 5.08. The Hall–Kier alpha value is -1.39. The van der Waals surface area contributed by atoms with Gasteiger partial charge in [-0.3, -0.25) is 0 Å². The van der Waals surface area contributed by atoms with E-state index in [1.807, 2.05) is 6.20 Å². The van der Waals surface area contributed by atoms with Gasteiger partial charge in [-0.2, -0.15) is 0 Å². The molecule has 1 aliphatic rings. The summed E-state index contributed by atoms with van der Waals surface area (Å²) in [5, 5.41) is 4.37. The Morgan fingerprint density at radius 1 is 1.22 bits per heavy atom. The van der Waals surface area contributed by atoms with Gasteiger partial charge in [-0.1, -0.05) is 0 Å². The summed E-state index contributed by atoms with van der Waals surface area (Å²) in [6.45, 7) is 5.41. The molecule has 1 fully saturated rings. The largest absolute Gasteiger partial charge is 0.361 e. The molecule has 3 nitrogen and oxygen atoms in total. The minimum absolute atomic E-state index is 0.162. The predicted molar refractivity (Wildman–Crippen MR) is 71.3 cm³/mol. The molecule has 0 amide bonds. The van der Waals surface area contributed by atoms with Gasteiger partial charge in [0.05, 0.1) is 0 Å². The van der Waals surface area contributed by atoms with Crippen molar-refractivity contribution in [1.29, 1.82) is 0 Å². The molecule has 2 heterocycles. The van der Waals surface area contributed by atoms with Crippen LogP contribution in [0.5, 0.6) is 0 Å². The van der Waals surface area contributed by atoms with Crippen LogP contribution in [0.15, 0.2) is 24.4 Å². The van der Waals surface area contributed by atoms with Crippen LogP contribution in [-0.4, -0.2) is 42.6 Å². The minimum Gasteiger partial charge on any atom is -0.361 e. The van der Waals surface area contributed by atoms with Gasteiger partial charge in [-0.05, 0) is 30.2 Å². The fourth-order valence-corrected chi connectivity index (χ4v) is 2.57. The number of fused-ring (bicyclic) bond motifs is 1. The molecule has 1 saturated heterocycles. The fourth-order valence-electron chi connectivity index (χ4n) is 2.57. The van der Waals surface area contributed by atoms with Crippen molar-refractivity contribution in [3.63, 3.8) is 0 Å². The maximum atomic E-state index is 13.3. The molecule has 2 aromatic rings. The quantitative estimate of drug-likeness (QED) is 0.866. The van der Waals surface area contributed by atoms with Gasteiger partial charge < -0.3 is 15.2 Å². The maximum Gasteiger partial charge on any atom is 0.123 e. The van der Waals surface area contributed by atoms with Crippen molar-refractivity contribution < 1.29 is 4.39 Å². The Morgan fingerprint density at radius 3 is 2.89 bits per heavy atom. The fraction of sp³-hybridized carbons (Fsp3) is 0.429. The third kappa shape index (κ3) is 2.40. The van der Waals surface area contributed by atoms with E-state index in [1.54, 1.807) is 12.1 Å². The van der Waals surface area contributed by atoms with Gasteiger partial charge in [-0.25, -0.2) is 4.39 Å². The third-order valence-electron chi connectivity index (χ3n) is 3.64. The second-order valence-electron chi connectivity index (χ2n) is 4.85. The van der Waals surface area contributed by atoms with Gasteiger partial charge in [0, 0.05) is 49.8 Å². The van der Waals surface area contributed by atoms with Crippen LogP contribution in [0.4, 0.5) is 4.39 Å². The number of hydrogen-bond donors (Lipinski definition) is 2. The number of halogens is 1. The van der Waals surface area contributed by atoms with Crippen LogP contribution in [0.1, 0.15) is 5.56 Å². The SMILES string of the molecule is Fc1ccc2[nH]cc(CCN3CCNCC3)c2c1. The molecule has 0 atom stereocenters. The number of H-pyrrole nitrogens is 1. The van der Waals surface area contributed by atoms with Crippen LogP contribution in [0.2, 0.25) is 0 Å². The van der Waals surface area contributed by atoms with Crippen LogP contribution in [0, 0.1) is 5.82 Å². The summed E-state index contributed by atoms with van der Waals surface area (Å²) in [6.07, 6.45) is 2.98. The summed E-state index contributed by atoms with van der Waals surface area (Å²) < 4.78 is 13.3. The molecule has 1 aromatic heterocycles. The average Bonchev–Trinajstić information content (AvgIpc) is 2.80. The molecule has 0 aliphatic carbocycles. The highest BCUT2D eigenvalue weighted by molar-refractivity contribution is 5.83. The Labute approximate surface area is 106 Å². The molecule has 1 aromatic carbocycles. The first-order valence-corrected chi connectivity index (χ1v) is 6.51. The first-order valence-electron chi connectivity index (χ1n) is 6.51. The lowest BCUT2D eigenvalue weighted by Crippen LogP contribution is -2.44. The molecule has 96 valence electrons. The Bertz CT molecular complexity index is 529. The third-order valence-corrected chi connectivity index (χ3v) is 3.64. The topological polar surface area (TPSA) is 31.1 Å². The second-order valence-corrected chi connectivity index (χ2v) is 4.85. The Balaban J connectivity index is 1.72. The van der Waals surface area contributed by atoms with Crippen molar-refractivity contribution in [2.75, 3.05) is 32.7 Å². The lowest BCUT2D eigenvalue weighted by atomic mass is 10.1. The van der Waals surface area contributed by atoms with E-state index in [-0.39, 0.29) is 5.82 Å². The maximum absolute atomic E-state index is 13.3. The zero-order chi connectivity index (χ0) is 12.4. The summed E-state index contributed by atoms with van der Waals surface area (Å²) in [5.74, 6) is -0.162. The molecule has 3 rings (SSSR count). The molecule has 1 aliphatic heterocycles. The lowest BCUT2D eigenvalue weighted by Gasteiger charge is -2.26. The van der Waals surface area contributed by atoms with E-state index >= 15 is 0 Å². The average molecular weight is 247 g/mol. The highest BCUT2D eigenvalue weighted by Gasteiger charge is 2.11. The molecular formula is C14H18FN3. The van der Waals surface area contributed by atoms with Crippen LogP contribution < -0.4 is 5.32 Å². The lowest BCUT2D eigenvalue weighted by molar-refractivity contribution is 0.244. The first-order chi connectivity index (χ1) is 8.83. The number of nitrogens with one attached hydrogen (secondary N) is 2. The van der Waals surface area contributed by atoms with E-state index in [1.165, 1.54) is 11.6 Å². The summed E-state index contributed by atoms with van der Waals surface area (Å²) in [4.78, 5) is 5.66. The number of aromatic nitrogens is 1. The van der Waals surface area contributed by atoms with Crippen LogP contribution in [0.25, 0.3) is 10.9 Å². The van der Waals surface area contributed by atoms with E-state index in [4.69, 9.17) is 0 Å². The number of hydrogen-bond acceptors (Lipinski definition) is 2. The van der Waals surface area contributed by atoms with Crippen molar-refractivity contribution in [1.82, 2.24) is 15.2 Å². The van der Waals surface area contributed by atoms with Crippen molar-refractivity contribution in [3.05, 3.63) is 35.8 Å². The van der Waals surface area contributed by atoms with Gasteiger partial charge in [-0.15, -0.1) is 0 Å². The van der Waals surface area contributed by atoms with Crippen LogP contribution in [-0.2, 0) is 6.42 Å². The molecule has 0 spiro atoms. The van der Waals surface area contributed by atoms with Gasteiger partial charge in [0.1, 0.15) is 5.82 Å². The summed E-state index contributed by atoms with van der Waals surface area (Å²) in [6, 6.07) is 4.93. The monoisotopic (exact) mass is 247 g/mol. The molecule has 0 saturated carbocycles. The van der Waals surface area contributed by atoms with Gasteiger partial charge in [0.15, 0.2) is 0 Å². The van der Waals surface area contributed by atoms with E-state index in [0.717, 1.165) is 50.0 Å². The van der Waals surface area contributed by atoms with Crippen molar-refractivity contribution in [2.24, 2.45) is 0 Å². The number of piperazine rings is 1. The normalized spacial score (nSPS) is 17.4. The highest BCUT2D eigenvalue weighted by atomic mass is 19.1. The summed E-state index contributed by atoms with van der Waals surface area (Å²) in [5.41, 5.74) is 2.23. The first kappa shape index (κ1) is 11.7. The van der Waals surface area contributed by atoms with E-state index < -0.39 is 0 Å². The predicted octanol–water partition coefficient (Wildman–Crippen LogP) is 1.75. The van der Waals surface area contributed by atoms with Crippen LogP contribution >= 0.6 is 0 Å². The molecule has 0 bridgehead atoms. The van der Waals surface area contributed by atoms with Crippen molar-refractivity contribution >= 4 is 10.9 Å². The van der Waals surface area contributed by atoms with E-state index in [2.05, 4.69) is 15.2 Å². The smallest absolute Gasteiger partial charge is 0.123 e. The summed E-state index contributed by atoms with van der Waals surface area (Å²) >= 11 is 0. The zero-order valence-corrected chi connectivity index (χ0v) is 10.4. The standard InChI is InChI=1S/C14H18FN3/c15-12-1-2-14-13(9-12)11(10-17-14)3-6-18-7-4-16-5-8-18/h1-2,9-10,16-17H,3-8H2. The van der Waals surface area contributed by atoms with E-state index in [0.29, 0.717) is 0 Å². The molecular weight excluding hydrogens is 229 g/mol. The van der Waals surface area contributed by atoms with Crippen LogP contribution in [0.3, 0.4) is 0 Å². The summed E-state index contributed by atoms with van der Waals surface area (Å²) in [7, 11) is 0. The van der Waals surface area contributed by atoms with Gasteiger partial charge in [0.25, 0.3) is 0 Å². The van der Waals surface area contributed by atoms with Gasteiger partial charge in [0.2, 0.25) is 0 Å². The highest BCUT2D eigenvalue weighted by Crippen LogP contribution is 2.20. The molecule has 4 heteroatoms. The molecule has 18 heavy (non-hydrogen) atoms. The number of nitrogens with zero attached hydrogens (tertiary/aromatic N) is 1. The zero-order valence-electron chi connectivity index (χ0n) is 10.4. The number of rotatable bonds is 3. The Kier molecular flexibility index (Phi) is 3.30. The number of benzene rings is 1. The Morgan fingerprint density at radius 2 is 2.06 bits per heavy atom. The number of aromatic amines is 1. The van der Waals surface area contributed by atoms with Gasteiger partial charge >= 0.3 is 0 Å². The minimum atomic E-state index is -0.162. The molecule has 2 N–H and O–H groups in total. The van der Waals surface area contributed by atoms with E-state index in [9.17, 15) is 4.39 Å². The molecule has 0 unspecified atom stereocenters. The van der Waals surface area contributed by atoms with Crippen molar-refractivity contribution in [3.8, 4) is 0 Å². The molecule has 0 radical (unpaired) electrons.